The van der Waals surface area contributed by atoms with Crippen LogP contribution < -0.4 is 5.32 Å². The second kappa shape index (κ2) is 10.2. The molecule has 4 heteroatoms. The van der Waals surface area contributed by atoms with Gasteiger partial charge in [0.2, 0.25) is 0 Å². The van der Waals surface area contributed by atoms with Crippen molar-refractivity contribution >= 4 is 0 Å². The first-order valence-electron chi connectivity index (χ1n) is 7.50. The zero-order valence-electron chi connectivity index (χ0n) is 13.5. The molecule has 0 aromatic carbocycles. The highest BCUT2D eigenvalue weighted by molar-refractivity contribution is 5.03. The number of hydrogen-bond acceptors (Lipinski definition) is 4. The van der Waals surface area contributed by atoms with E-state index >= 15 is 0 Å². The molecule has 0 aromatic heterocycles. The lowest BCUT2D eigenvalue weighted by molar-refractivity contribution is 0.221. The first-order chi connectivity index (χ1) is 8.97. The smallest absolute Gasteiger partial charge is 0.105 e. The standard InChI is InChI=1S/C15H32N4/c1-6-9-17-15(3,14-16)8-11-19(10-7-2)13-12-18(4)5/h17H,6-13H2,1-5H3. The van der Waals surface area contributed by atoms with E-state index in [9.17, 15) is 5.26 Å². The van der Waals surface area contributed by atoms with Gasteiger partial charge < -0.3 is 9.80 Å². The van der Waals surface area contributed by atoms with Gasteiger partial charge in [0.15, 0.2) is 0 Å². The Bertz CT molecular complexity index is 259. The molecule has 1 N–H and O–H groups in total. The maximum absolute atomic E-state index is 9.33. The molecule has 0 aromatic rings. The van der Waals surface area contributed by atoms with Crippen LogP contribution in [0.25, 0.3) is 0 Å². The molecule has 0 aliphatic carbocycles. The van der Waals surface area contributed by atoms with Crippen LogP contribution in [0, 0.1) is 11.3 Å². The second-order valence-corrected chi connectivity index (χ2v) is 5.77. The number of nitrogens with one attached hydrogen (secondary N) is 1. The summed E-state index contributed by atoms with van der Waals surface area (Å²) in [5, 5.41) is 12.7. The van der Waals surface area contributed by atoms with E-state index in [0.717, 1.165) is 45.6 Å². The number of rotatable bonds is 11. The van der Waals surface area contributed by atoms with E-state index in [2.05, 4.69) is 49.1 Å². The summed E-state index contributed by atoms with van der Waals surface area (Å²) in [5.74, 6) is 0. The van der Waals surface area contributed by atoms with E-state index in [1.807, 2.05) is 6.92 Å². The predicted octanol–water partition coefficient (Wildman–Crippen LogP) is 1.93. The van der Waals surface area contributed by atoms with E-state index in [1.54, 1.807) is 0 Å². The highest BCUT2D eigenvalue weighted by Gasteiger charge is 2.23. The lowest BCUT2D eigenvalue weighted by atomic mass is 9.99. The average Bonchev–Trinajstić information content (AvgIpc) is 2.39. The third-order valence-electron chi connectivity index (χ3n) is 3.34. The highest BCUT2D eigenvalue weighted by Crippen LogP contribution is 2.10. The number of nitriles is 1. The van der Waals surface area contributed by atoms with Crippen LogP contribution in [0.15, 0.2) is 0 Å². The van der Waals surface area contributed by atoms with Gasteiger partial charge in [-0.25, -0.2) is 0 Å². The molecule has 1 unspecified atom stereocenters. The summed E-state index contributed by atoms with van der Waals surface area (Å²) < 4.78 is 0. The Labute approximate surface area is 119 Å². The van der Waals surface area contributed by atoms with Crippen molar-refractivity contribution in [3.05, 3.63) is 0 Å². The summed E-state index contributed by atoms with van der Waals surface area (Å²) in [4.78, 5) is 4.67. The lowest BCUT2D eigenvalue weighted by Gasteiger charge is -2.29. The Kier molecular flexibility index (Phi) is 9.85. The van der Waals surface area contributed by atoms with Gasteiger partial charge in [0.05, 0.1) is 6.07 Å². The number of nitrogens with zero attached hydrogens (tertiary/aromatic N) is 3. The summed E-state index contributed by atoms with van der Waals surface area (Å²) in [6.07, 6.45) is 3.12. The van der Waals surface area contributed by atoms with Gasteiger partial charge >= 0.3 is 0 Å². The predicted molar refractivity (Wildman–Crippen MR) is 82.2 cm³/mol. The molecule has 4 nitrogen and oxygen atoms in total. The van der Waals surface area contributed by atoms with Crippen molar-refractivity contribution in [2.24, 2.45) is 0 Å². The Morgan fingerprint density at radius 3 is 2.21 bits per heavy atom. The van der Waals surface area contributed by atoms with Gasteiger partial charge in [0.1, 0.15) is 5.54 Å². The monoisotopic (exact) mass is 268 g/mol. The summed E-state index contributed by atoms with van der Waals surface area (Å²) in [5.41, 5.74) is -0.389. The minimum atomic E-state index is -0.389. The molecule has 0 saturated heterocycles. The average molecular weight is 268 g/mol. The Morgan fingerprint density at radius 2 is 1.74 bits per heavy atom. The fraction of sp³-hybridized carbons (Fsp3) is 0.933. The van der Waals surface area contributed by atoms with Crippen LogP contribution in [0.5, 0.6) is 0 Å². The largest absolute Gasteiger partial charge is 0.308 e. The van der Waals surface area contributed by atoms with E-state index in [4.69, 9.17) is 0 Å². The first kappa shape index (κ1) is 18.4. The van der Waals surface area contributed by atoms with E-state index in [0.29, 0.717) is 0 Å². The Balaban J connectivity index is 4.22. The Morgan fingerprint density at radius 1 is 1.05 bits per heavy atom. The summed E-state index contributed by atoms with van der Waals surface area (Å²) in [6, 6.07) is 2.43. The topological polar surface area (TPSA) is 42.3 Å². The summed E-state index contributed by atoms with van der Waals surface area (Å²) >= 11 is 0. The fourth-order valence-electron chi connectivity index (χ4n) is 1.96. The van der Waals surface area contributed by atoms with Crippen molar-refractivity contribution in [3.63, 3.8) is 0 Å². The van der Waals surface area contributed by atoms with Gasteiger partial charge in [0, 0.05) is 19.6 Å². The van der Waals surface area contributed by atoms with Crippen molar-refractivity contribution in [2.75, 3.05) is 46.8 Å². The van der Waals surface area contributed by atoms with E-state index < -0.39 is 0 Å². The van der Waals surface area contributed by atoms with Crippen LogP contribution in [0.4, 0.5) is 0 Å². The molecule has 0 aliphatic heterocycles. The molecule has 0 saturated carbocycles. The van der Waals surface area contributed by atoms with Crippen molar-refractivity contribution in [1.82, 2.24) is 15.1 Å². The Hall–Kier alpha value is -0.630. The van der Waals surface area contributed by atoms with Crippen molar-refractivity contribution in [3.8, 4) is 6.07 Å². The third-order valence-corrected chi connectivity index (χ3v) is 3.34. The molecule has 112 valence electrons. The van der Waals surface area contributed by atoms with Gasteiger partial charge in [-0.15, -0.1) is 0 Å². The van der Waals surface area contributed by atoms with E-state index in [-0.39, 0.29) is 5.54 Å². The molecule has 0 bridgehead atoms. The molecule has 0 amide bonds. The van der Waals surface area contributed by atoms with Gasteiger partial charge in [-0.2, -0.15) is 5.26 Å². The van der Waals surface area contributed by atoms with Crippen LogP contribution in [-0.2, 0) is 0 Å². The molecule has 0 heterocycles. The molecule has 0 radical (unpaired) electrons. The third kappa shape index (κ3) is 8.99. The molecular formula is C15H32N4. The maximum Gasteiger partial charge on any atom is 0.105 e. The minimum absolute atomic E-state index is 0.389. The van der Waals surface area contributed by atoms with Crippen LogP contribution in [-0.4, -0.2) is 62.2 Å². The SMILES string of the molecule is CCCNC(C)(C#N)CCN(CCC)CCN(C)C. The van der Waals surface area contributed by atoms with Crippen LogP contribution in [0.1, 0.15) is 40.0 Å². The molecule has 1 atom stereocenters. The first-order valence-corrected chi connectivity index (χ1v) is 7.50. The minimum Gasteiger partial charge on any atom is -0.308 e. The molecule has 19 heavy (non-hydrogen) atoms. The van der Waals surface area contributed by atoms with Crippen molar-refractivity contribution in [2.45, 2.75) is 45.6 Å². The van der Waals surface area contributed by atoms with Crippen LogP contribution >= 0.6 is 0 Å². The highest BCUT2D eigenvalue weighted by atomic mass is 15.2. The van der Waals surface area contributed by atoms with Gasteiger partial charge in [0.25, 0.3) is 0 Å². The van der Waals surface area contributed by atoms with E-state index in [1.165, 1.54) is 6.42 Å². The maximum atomic E-state index is 9.33. The number of likely N-dealkylation sites (N-methyl/N-ethyl adjacent to an activating group) is 1. The molecule has 0 spiro atoms. The quantitative estimate of drug-likeness (QED) is 0.622. The molecule has 0 rings (SSSR count). The van der Waals surface area contributed by atoms with Gasteiger partial charge in [-0.1, -0.05) is 13.8 Å². The molecule has 0 aliphatic rings. The second-order valence-electron chi connectivity index (χ2n) is 5.77. The van der Waals surface area contributed by atoms with Gasteiger partial charge in [-0.05, 0) is 53.4 Å². The zero-order chi connectivity index (χ0) is 14.7. The summed E-state index contributed by atoms with van der Waals surface area (Å²) in [7, 11) is 4.21. The normalized spacial score (nSPS) is 14.6. The van der Waals surface area contributed by atoms with Crippen LogP contribution in [0.2, 0.25) is 0 Å². The lowest BCUT2D eigenvalue weighted by Crippen LogP contribution is -2.45. The van der Waals surface area contributed by atoms with Gasteiger partial charge in [-0.3, -0.25) is 5.32 Å². The van der Waals surface area contributed by atoms with Crippen molar-refractivity contribution < 1.29 is 0 Å². The fourth-order valence-corrected chi connectivity index (χ4v) is 1.96. The zero-order valence-corrected chi connectivity index (χ0v) is 13.5. The molecular weight excluding hydrogens is 236 g/mol. The van der Waals surface area contributed by atoms with Crippen LogP contribution in [0.3, 0.4) is 0 Å². The van der Waals surface area contributed by atoms with Crippen molar-refractivity contribution in [1.29, 1.82) is 5.26 Å². The summed E-state index contributed by atoms with van der Waals surface area (Å²) in [6.45, 7) is 11.5. The molecule has 0 fully saturated rings. The number of hydrogen-bond donors (Lipinski definition) is 1.